The van der Waals surface area contributed by atoms with Crippen molar-refractivity contribution in [2.45, 2.75) is 25.7 Å². The first-order chi connectivity index (χ1) is 9.28. The summed E-state index contributed by atoms with van der Waals surface area (Å²) in [6.07, 6.45) is 4.58. The summed E-state index contributed by atoms with van der Waals surface area (Å²) in [5.74, 6) is 0.695. The van der Waals surface area contributed by atoms with Gasteiger partial charge < -0.3 is 9.80 Å². The van der Waals surface area contributed by atoms with Crippen LogP contribution < -0.4 is 4.90 Å². The first kappa shape index (κ1) is 11.6. The maximum Gasteiger partial charge on any atom is 0.226 e. The molecule has 5 nitrogen and oxygen atoms in total. The first-order valence-corrected chi connectivity index (χ1v) is 7.96. The van der Waals surface area contributed by atoms with Gasteiger partial charge in [0.1, 0.15) is 5.51 Å². The molecule has 1 aliphatic carbocycles. The lowest BCUT2D eigenvalue weighted by Crippen LogP contribution is -2.31. The SMILES string of the molecule is O=C([C@@H]1C[C@@]12CCN(c1nncs1)C2)N1CCCC1. The van der Waals surface area contributed by atoms with Crippen LogP contribution in [0.15, 0.2) is 5.51 Å². The Kier molecular flexibility index (Phi) is 2.55. The second kappa shape index (κ2) is 4.16. The highest BCUT2D eigenvalue weighted by Crippen LogP contribution is 2.59. The number of carbonyl (C=O) groups excluding carboxylic acids is 1. The Morgan fingerprint density at radius 3 is 2.95 bits per heavy atom. The quantitative estimate of drug-likeness (QED) is 0.820. The van der Waals surface area contributed by atoms with Gasteiger partial charge in [-0.15, -0.1) is 10.2 Å². The van der Waals surface area contributed by atoms with Crippen LogP contribution in [0.1, 0.15) is 25.7 Å². The number of carbonyl (C=O) groups is 1. The number of nitrogens with zero attached hydrogens (tertiary/aromatic N) is 4. The zero-order valence-electron chi connectivity index (χ0n) is 10.9. The van der Waals surface area contributed by atoms with Crippen LogP contribution in [0.3, 0.4) is 0 Å². The second-order valence-electron chi connectivity index (χ2n) is 6.04. The van der Waals surface area contributed by atoms with Crippen molar-refractivity contribution in [1.29, 1.82) is 0 Å². The lowest BCUT2D eigenvalue weighted by molar-refractivity contribution is -0.132. The van der Waals surface area contributed by atoms with E-state index in [1.807, 2.05) is 0 Å². The molecule has 3 heterocycles. The largest absolute Gasteiger partial charge is 0.346 e. The standard InChI is InChI=1S/C13H18N4OS/c18-11(16-4-1-2-5-16)10-7-13(10)3-6-17(8-13)12-15-14-9-19-12/h9-10H,1-8H2/t10-,13+/m0/s1. The molecular weight excluding hydrogens is 260 g/mol. The van der Waals surface area contributed by atoms with E-state index in [0.29, 0.717) is 5.91 Å². The van der Waals surface area contributed by atoms with Gasteiger partial charge in [-0.3, -0.25) is 4.79 Å². The Bertz CT molecular complexity index is 485. The fraction of sp³-hybridized carbons (Fsp3) is 0.769. The summed E-state index contributed by atoms with van der Waals surface area (Å²) in [6.45, 7) is 3.97. The summed E-state index contributed by atoms with van der Waals surface area (Å²) in [5, 5.41) is 9.05. The van der Waals surface area contributed by atoms with Crippen molar-refractivity contribution in [3.8, 4) is 0 Å². The normalized spacial score (nSPS) is 33.4. The zero-order chi connectivity index (χ0) is 12.9. The fourth-order valence-electron chi connectivity index (χ4n) is 3.67. The minimum absolute atomic E-state index is 0.255. The maximum absolute atomic E-state index is 12.4. The molecule has 1 saturated carbocycles. The second-order valence-corrected chi connectivity index (χ2v) is 6.86. The Morgan fingerprint density at radius 2 is 2.21 bits per heavy atom. The molecule has 1 aromatic heterocycles. The monoisotopic (exact) mass is 278 g/mol. The molecule has 102 valence electrons. The molecule has 4 rings (SSSR count). The van der Waals surface area contributed by atoms with Crippen LogP contribution in [0.2, 0.25) is 0 Å². The van der Waals surface area contributed by atoms with E-state index in [9.17, 15) is 4.79 Å². The molecule has 0 unspecified atom stereocenters. The molecule has 19 heavy (non-hydrogen) atoms. The minimum atomic E-state index is 0.255. The summed E-state index contributed by atoms with van der Waals surface area (Å²) < 4.78 is 0. The summed E-state index contributed by atoms with van der Waals surface area (Å²) in [4.78, 5) is 16.8. The van der Waals surface area contributed by atoms with Crippen molar-refractivity contribution >= 4 is 22.4 Å². The van der Waals surface area contributed by atoms with E-state index in [0.717, 1.165) is 44.2 Å². The van der Waals surface area contributed by atoms with Crippen molar-refractivity contribution in [3.05, 3.63) is 5.51 Å². The topological polar surface area (TPSA) is 49.3 Å². The molecule has 6 heteroatoms. The highest BCUT2D eigenvalue weighted by Gasteiger charge is 2.61. The number of likely N-dealkylation sites (tertiary alicyclic amines) is 1. The summed E-state index contributed by atoms with van der Waals surface area (Å²) >= 11 is 1.59. The third-order valence-corrected chi connectivity index (χ3v) is 5.66. The van der Waals surface area contributed by atoms with E-state index in [2.05, 4.69) is 20.0 Å². The molecule has 0 radical (unpaired) electrons. The van der Waals surface area contributed by atoms with Gasteiger partial charge in [-0.1, -0.05) is 11.3 Å². The van der Waals surface area contributed by atoms with Crippen LogP contribution in [-0.2, 0) is 4.79 Å². The van der Waals surface area contributed by atoms with E-state index in [1.165, 1.54) is 12.8 Å². The molecule has 3 fully saturated rings. The predicted octanol–water partition coefficient (Wildman–Crippen LogP) is 1.38. The average molecular weight is 278 g/mol. The Morgan fingerprint density at radius 1 is 1.37 bits per heavy atom. The number of rotatable bonds is 2. The van der Waals surface area contributed by atoms with E-state index >= 15 is 0 Å². The van der Waals surface area contributed by atoms with E-state index in [1.54, 1.807) is 16.8 Å². The van der Waals surface area contributed by atoms with Crippen molar-refractivity contribution < 1.29 is 4.79 Å². The Balaban J connectivity index is 1.43. The van der Waals surface area contributed by atoms with Gasteiger partial charge in [-0.2, -0.15) is 0 Å². The fourth-order valence-corrected chi connectivity index (χ4v) is 4.26. The van der Waals surface area contributed by atoms with Crippen LogP contribution in [0.25, 0.3) is 0 Å². The van der Waals surface area contributed by atoms with E-state index in [4.69, 9.17) is 0 Å². The van der Waals surface area contributed by atoms with Crippen LogP contribution in [-0.4, -0.2) is 47.2 Å². The Labute approximate surface area is 116 Å². The first-order valence-electron chi connectivity index (χ1n) is 7.08. The molecule has 2 atom stereocenters. The molecule has 2 aliphatic heterocycles. The van der Waals surface area contributed by atoms with Crippen LogP contribution >= 0.6 is 11.3 Å². The van der Waals surface area contributed by atoms with Crippen LogP contribution in [0, 0.1) is 11.3 Å². The highest BCUT2D eigenvalue weighted by molar-refractivity contribution is 7.13. The van der Waals surface area contributed by atoms with Crippen molar-refractivity contribution in [3.63, 3.8) is 0 Å². The van der Waals surface area contributed by atoms with E-state index in [-0.39, 0.29) is 11.3 Å². The predicted molar refractivity (Wildman–Crippen MR) is 73.1 cm³/mol. The molecule has 1 amide bonds. The van der Waals surface area contributed by atoms with E-state index < -0.39 is 0 Å². The number of hydrogen-bond acceptors (Lipinski definition) is 5. The van der Waals surface area contributed by atoms with Crippen LogP contribution in [0.4, 0.5) is 5.13 Å². The van der Waals surface area contributed by atoms with Gasteiger partial charge in [-0.05, 0) is 25.7 Å². The van der Waals surface area contributed by atoms with Gasteiger partial charge in [0.15, 0.2) is 0 Å². The Hall–Kier alpha value is -1.17. The van der Waals surface area contributed by atoms with Gasteiger partial charge in [-0.25, -0.2) is 0 Å². The van der Waals surface area contributed by atoms with Gasteiger partial charge in [0.2, 0.25) is 11.0 Å². The molecule has 0 bridgehead atoms. The number of amides is 1. The number of aromatic nitrogens is 2. The van der Waals surface area contributed by atoms with Gasteiger partial charge in [0, 0.05) is 37.5 Å². The number of anilines is 1. The zero-order valence-corrected chi connectivity index (χ0v) is 11.7. The maximum atomic E-state index is 12.4. The third kappa shape index (κ3) is 1.84. The lowest BCUT2D eigenvalue weighted by atomic mass is 10.0. The summed E-state index contributed by atoms with van der Waals surface area (Å²) in [6, 6.07) is 0. The van der Waals surface area contributed by atoms with Gasteiger partial charge in [0.25, 0.3) is 0 Å². The highest BCUT2D eigenvalue weighted by atomic mass is 32.1. The lowest BCUT2D eigenvalue weighted by Gasteiger charge is -2.18. The average Bonchev–Trinajstić information content (AvgIpc) is 2.96. The molecule has 0 N–H and O–H groups in total. The van der Waals surface area contributed by atoms with Gasteiger partial charge in [0.05, 0.1) is 0 Å². The van der Waals surface area contributed by atoms with Gasteiger partial charge >= 0.3 is 0 Å². The molecule has 1 spiro atoms. The molecule has 1 aromatic rings. The van der Waals surface area contributed by atoms with Crippen molar-refractivity contribution in [2.24, 2.45) is 11.3 Å². The van der Waals surface area contributed by atoms with Crippen LogP contribution in [0.5, 0.6) is 0 Å². The minimum Gasteiger partial charge on any atom is -0.346 e. The molecular formula is C13H18N4OS. The van der Waals surface area contributed by atoms with Crippen molar-refractivity contribution in [2.75, 3.05) is 31.1 Å². The third-order valence-electron chi connectivity index (χ3n) is 4.91. The molecule has 3 aliphatic rings. The smallest absolute Gasteiger partial charge is 0.226 e. The molecule has 0 aromatic carbocycles. The molecule has 2 saturated heterocycles. The summed E-state index contributed by atoms with van der Waals surface area (Å²) in [7, 11) is 0. The number of hydrogen-bond donors (Lipinski definition) is 0. The van der Waals surface area contributed by atoms with Crippen molar-refractivity contribution in [1.82, 2.24) is 15.1 Å². The summed E-state index contributed by atoms with van der Waals surface area (Å²) in [5.41, 5.74) is 2.03.